The smallest absolute Gasteiger partial charge is 0.313 e. The summed E-state index contributed by atoms with van der Waals surface area (Å²) < 4.78 is 40.3. The van der Waals surface area contributed by atoms with Crippen LogP contribution in [0.2, 0.25) is 0 Å². The molecule has 0 aliphatic heterocycles. The van der Waals surface area contributed by atoms with Gasteiger partial charge in [-0.2, -0.15) is 0 Å². The molecule has 0 saturated heterocycles. The third kappa shape index (κ3) is 3.42. The van der Waals surface area contributed by atoms with Gasteiger partial charge in [-0.25, -0.2) is 8.78 Å². The third-order valence-electron chi connectivity index (χ3n) is 6.38. The second-order valence-corrected chi connectivity index (χ2v) is 7.68. The van der Waals surface area contributed by atoms with Crippen LogP contribution in [0.5, 0.6) is 0 Å². The molecule has 3 rings (SSSR count). The van der Waals surface area contributed by atoms with E-state index in [0.29, 0.717) is 12.0 Å². The Kier molecular flexibility index (Phi) is 5.99. The summed E-state index contributed by atoms with van der Waals surface area (Å²) in [5, 5.41) is 0. The summed E-state index contributed by atoms with van der Waals surface area (Å²) in [5.74, 6) is -2.17. The Morgan fingerprint density at radius 1 is 1.22 bits per heavy atom. The fourth-order valence-electron chi connectivity index (χ4n) is 5.13. The van der Waals surface area contributed by atoms with Crippen molar-refractivity contribution in [2.75, 3.05) is 13.7 Å². The van der Waals surface area contributed by atoms with Crippen LogP contribution >= 0.6 is 0 Å². The largest absolute Gasteiger partial charge is 0.466 e. The minimum atomic E-state index is -1.69. The highest BCUT2D eigenvalue weighted by Gasteiger charge is 2.57. The molecule has 0 spiro atoms. The van der Waals surface area contributed by atoms with Gasteiger partial charge in [-0.1, -0.05) is 49.4 Å². The van der Waals surface area contributed by atoms with Crippen molar-refractivity contribution >= 4 is 5.97 Å². The molecule has 2 saturated carbocycles. The van der Waals surface area contributed by atoms with E-state index < -0.39 is 30.3 Å². The van der Waals surface area contributed by atoms with Gasteiger partial charge in [0.1, 0.15) is 6.17 Å². The summed E-state index contributed by atoms with van der Waals surface area (Å²) in [5.41, 5.74) is 1.66. The van der Waals surface area contributed by atoms with Crippen molar-refractivity contribution in [3.63, 3.8) is 0 Å². The average Bonchev–Trinajstić information content (AvgIpc) is 2.67. The van der Waals surface area contributed by atoms with Crippen molar-refractivity contribution in [2.24, 2.45) is 23.7 Å². The van der Waals surface area contributed by atoms with Crippen molar-refractivity contribution in [3.8, 4) is 0 Å². The molecule has 27 heavy (non-hydrogen) atoms. The maximum Gasteiger partial charge on any atom is 0.313 e. The normalized spacial score (nSPS) is 38.9. The Bertz CT molecular complexity index is 677. The van der Waals surface area contributed by atoms with Crippen LogP contribution in [0.25, 0.3) is 0 Å². The molecule has 0 radical (unpaired) electrons. The van der Waals surface area contributed by atoms with Crippen molar-refractivity contribution in [3.05, 3.63) is 48.0 Å². The van der Waals surface area contributed by atoms with Gasteiger partial charge in [-0.3, -0.25) is 4.79 Å². The minimum absolute atomic E-state index is 0.130. The van der Waals surface area contributed by atoms with Crippen molar-refractivity contribution in [1.82, 2.24) is 0 Å². The van der Waals surface area contributed by atoms with Gasteiger partial charge in [0.2, 0.25) is 0 Å². The van der Waals surface area contributed by atoms with E-state index in [1.165, 1.54) is 7.11 Å². The standard InChI is InChI=1S/C22H28F2O3/c1-5-27-22(25)15-11-16(14-9-7-6-8-10-14)18-17(12(15)2)13(3)19(23)20(24)21(18)26-4/h6-10,13,15-21H,2,5,11H2,1,3-4H3. The highest BCUT2D eigenvalue weighted by molar-refractivity contribution is 5.76. The van der Waals surface area contributed by atoms with Gasteiger partial charge in [-0.15, -0.1) is 0 Å². The van der Waals surface area contributed by atoms with Crippen molar-refractivity contribution < 1.29 is 23.0 Å². The third-order valence-corrected chi connectivity index (χ3v) is 6.38. The molecule has 1 aromatic rings. The number of esters is 1. The lowest BCUT2D eigenvalue weighted by molar-refractivity contribution is -0.153. The zero-order valence-corrected chi connectivity index (χ0v) is 16.1. The van der Waals surface area contributed by atoms with Gasteiger partial charge in [0.15, 0.2) is 6.17 Å². The maximum absolute atomic E-state index is 14.8. The molecule has 3 nitrogen and oxygen atoms in total. The van der Waals surface area contributed by atoms with E-state index in [4.69, 9.17) is 9.47 Å². The Balaban J connectivity index is 2.07. The number of alkyl halides is 2. The van der Waals surface area contributed by atoms with Crippen LogP contribution < -0.4 is 0 Å². The molecule has 0 bridgehead atoms. The van der Waals surface area contributed by atoms with Gasteiger partial charge in [0.25, 0.3) is 0 Å². The Hall–Kier alpha value is -1.75. The van der Waals surface area contributed by atoms with Crippen molar-refractivity contribution in [2.45, 2.75) is 44.6 Å². The fraction of sp³-hybridized carbons (Fsp3) is 0.591. The number of hydrogen-bond acceptors (Lipinski definition) is 3. The first-order valence-corrected chi connectivity index (χ1v) is 9.63. The van der Waals surface area contributed by atoms with E-state index in [-0.39, 0.29) is 30.3 Å². The van der Waals surface area contributed by atoms with Crippen LogP contribution in [0.3, 0.4) is 0 Å². The Labute approximate surface area is 159 Å². The first kappa shape index (κ1) is 20.0. The second kappa shape index (κ2) is 8.09. The van der Waals surface area contributed by atoms with Crippen LogP contribution in [0.15, 0.2) is 42.5 Å². The molecule has 0 N–H and O–H groups in total. The van der Waals surface area contributed by atoms with Crippen LogP contribution in [-0.2, 0) is 14.3 Å². The zero-order chi connectivity index (χ0) is 19.7. The number of carbonyl (C=O) groups excluding carboxylic acids is 1. The number of halogens is 2. The van der Waals surface area contributed by atoms with Crippen LogP contribution in [0.4, 0.5) is 8.78 Å². The van der Waals surface area contributed by atoms with E-state index in [1.807, 2.05) is 30.3 Å². The molecule has 2 aliphatic rings. The predicted octanol–water partition coefficient (Wildman–Crippen LogP) is 4.48. The summed E-state index contributed by atoms with van der Waals surface area (Å²) in [6.45, 7) is 7.89. The number of hydrogen-bond donors (Lipinski definition) is 0. The minimum Gasteiger partial charge on any atom is -0.466 e. The molecule has 0 amide bonds. The molecule has 148 valence electrons. The SMILES string of the molecule is C=C1C(C(=O)OCC)CC(c2ccccc2)C2C(OC)C(F)C(F)C(C)C12. The number of rotatable bonds is 4. The van der Waals surface area contributed by atoms with Crippen LogP contribution in [-0.4, -0.2) is 38.1 Å². The van der Waals surface area contributed by atoms with Crippen molar-refractivity contribution in [1.29, 1.82) is 0 Å². The first-order chi connectivity index (χ1) is 12.9. The lowest BCUT2D eigenvalue weighted by Crippen LogP contribution is -2.57. The second-order valence-electron chi connectivity index (χ2n) is 7.68. The molecule has 8 atom stereocenters. The predicted molar refractivity (Wildman–Crippen MR) is 99.8 cm³/mol. The molecule has 0 heterocycles. The summed E-state index contributed by atoms with van der Waals surface area (Å²) in [7, 11) is 1.43. The summed E-state index contributed by atoms with van der Waals surface area (Å²) in [6, 6.07) is 9.71. The van der Waals surface area contributed by atoms with Gasteiger partial charge < -0.3 is 9.47 Å². The summed E-state index contributed by atoms with van der Waals surface area (Å²) in [6.07, 6.45) is -3.74. The highest BCUT2D eigenvalue weighted by atomic mass is 19.2. The fourth-order valence-corrected chi connectivity index (χ4v) is 5.13. The average molecular weight is 378 g/mol. The molecule has 2 aliphatic carbocycles. The lowest BCUT2D eigenvalue weighted by Gasteiger charge is -2.53. The molecule has 1 aromatic carbocycles. The van der Waals surface area contributed by atoms with E-state index >= 15 is 0 Å². The molecular formula is C22H28F2O3. The van der Waals surface area contributed by atoms with Gasteiger partial charge in [0, 0.05) is 13.0 Å². The number of methoxy groups -OCH3 is 1. The van der Waals surface area contributed by atoms with E-state index in [2.05, 4.69) is 6.58 Å². The molecule has 8 unspecified atom stereocenters. The van der Waals surface area contributed by atoms with E-state index in [1.54, 1.807) is 13.8 Å². The van der Waals surface area contributed by atoms with Gasteiger partial charge >= 0.3 is 5.97 Å². The van der Waals surface area contributed by atoms with Crippen LogP contribution in [0.1, 0.15) is 31.7 Å². The van der Waals surface area contributed by atoms with Gasteiger partial charge in [0.05, 0.1) is 18.6 Å². The Morgan fingerprint density at radius 3 is 2.48 bits per heavy atom. The topological polar surface area (TPSA) is 35.5 Å². The molecule has 2 fully saturated rings. The first-order valence-electron chi connectivity index (χ1n) is 9.63. The van der Waals surface area contributed by atoms with E-state index in [9.17, 15) is 13.6 Å². The van der Waals surface area contributed by atoms with E-state index in [0.717, 1.165) is 5.56 Å². The molecular weight excluding hydrogens is 350 g/mol. The zero-order valence-electron chi connectivity index (χ0n) is 16.1. The number of ether oxygens (including phenoxy) is 2. The summed E-state index contributed by atoms with van der Waals surface area (Å²) in [4.78, 5) is 12.6. The summed E-state index contributed by atoms with van der Waals surface area (Å²) >= 11 is 0. The molecule has 0 aromatic heterocycles. The number of benzene rings is 1. The quantitative estimate of drug-likeness (QED) is 0.572. The molecule has 5 heteroatoms. The lowest BCUT2D eigenvalue weighted by atomic mass is 9.54. The highest BCUT2D eigenvalue weighted by Crippen LogP contribution is 2.56. The monoisotopic (exact) mass is 378 g/mol. The van der Waals surface area contributed by atoms with Crippen LogP contribution in [0, 0.1) is 23.7 Å². The Morgan fingerprint density at radius 2 is 1.89 bits per heavy atom. The number of carbonyl (C=O) groups is 1. The number of fused-ring (bicyclic) bond motifs is 1. The van der Waals surface area contributed by atoms with Gasteiger partial charge in [-0.05, 0) is 36.7 Å². The maximum atomic E-state index is 14.8.